The van der Waals surface area contributed by atoms with Gasteiger partial charge in [-0.25, -0.2) is 0 Å². The minimum atomic E-state index is -0.116. The fraction of sp³-hybridized carbons (Fsp3) is 0.308. The molecule has 0 spiro atoms. The van der Waals surface area contributed by atoms with Crippen LogP contribution in [-0.2, 0) is 0 Å². The van der Waals surface area contributed by atoms with Crippen LogP contribution in [0.4, 0.5) is 0 Å². The summed E-state index contributed by atoms with van der Waals surface area (Å²) in [7, 11) is 3.62. The number of fused-ring (bicyclic) bond motifs is 1. The van der Waals surface area contributed by atoms with Crippen molar-refractivity contribution in [1.82, 2.24) is 10.2 Å². The number of nitrogens with zero attached hydrogens (tertiary/aromatic N) is 1. The third kappa shape index (κ3) is 3.19. The van der Waals surface area contributed by atoms with Gasteiger partial charge in [0, 0.05) is 30.0 Å². The van der Waals surface area contributed by atoms with Crippen molar-refractivity contribution in [1.29, 1.82) is 0 Å². The number of halogens is 2. The van der Waals surface area contributed by atoms with E-state index in [0.29, 0.717) is 17.9 Å². The number of amides is 1. The van der Waals surface area contributed by atoms with Gasteiger partial charge in [-0.15, -0.1) is 0 Å². The molecule has 1 heterocycles. The van der Waals surface area contributed by atoms with Crippen LogP contribution in [0.2, 0.25) is 0 Å². The molecule has 1 N–H and O–H groups in total. The first-order valence-corrected chi connectivity index (χ1v) is 7.40. The summed E-state index contributed by atoms with van der Waals surface area (Å²) in [5.74, 6) is 0.238. The molecule has 0 bridgehead atoms. The predicted octanol–water partition coefficient (Wildman–Crippen LogP) is 3.25. The van der Waals surface area contributed by atoms with Crippen LogP contribution < -0.4 is 5.32 Å². The van der Waals surface area contributed by atoms with Crippen LogP contribution in [0.25, 0.3) is 11.0 Å². The van der Waals surface area contributed by atoms with Crippen molar-refractivity contribution in [2.75, 3.05) is 27.2 Å². The van der Waals surface area contributed by atoms with Crippen LogP contribution in [0.1, 0.15) is 10.6 Å². The average molecular weight is 390 g/mol. The van der Waals surface area contributed by atoms with E-state index >= 15 is 0 Å². The van der Waals surface area contributed by atoms with E-state index in [4.69, 9.17) is 4.42 Å². The Labute approximate surface area is 128 Å². The van der Waals surface area contributed by atoms with Crippen LogP contribution in [0.5, 0.6) is 0 Å². The summed E-state index contributed by atoms with van der Waals surface area (Å²) in [6.07, 6.45) is 0. The second-order valence-electron chi connectivity index (χ2n) is 4.25. The van der Waals surface area contributed by atoms with E-state index < -0.39 is 0 Å². The standard InChI is InChI=1S/C13H14Br2N2O2/c1-16-3-4-17(2)13(18)11-6-8-5-9(14)7-10(15)12(8)19-11/h5-7,16H,3-4H2,1-2H3. The smallest absolute Gasteiger partial charge is 0.289 e. The molecule has 0 unspecified atom stereocenters. The summed E-state index contributed by atoms with van der Waals surface area (Å²) in [6, 6.07) is 5.59. The predicted molar refractivity (Wildman–Crippen MR) is 82.5 cm³/mol. The molecule has 19 heavy (non-hydrogen) atoms. The first-order valence-electron chi connectivity index (χ1n) is 5.81. The Morgan fingerprint density at radius 1 is 1.37 bits per heavy atom. The van der Waals surface area contributed by atoms with Crippen LogP contribution in [0.15, 0.2) is 31.6 Å². The topological polar surface area (TPSA) is 45.5 Å². The number of rotatable bonds is 4. The van der Waals surface area contributed by atoms with Crippen molar-refractivity contribution in [2.24, 2.45) is 0 Å². The summed E-state index contributed by atoms with van der Waals surface area (Å²) in [4.78, 5) is 13.8. The number of hydrogen-bond donors (Lipinski definition) is 1. The fourth-order valence-electron chi connectivity index (χ4n) is 1.75. The molecule has 2 aromatic rings. The lowest BCUT2D eigenvalue weighted by Crippen LogP contribution is -2.32. The Kier molecular flexibility index (Phi) is 4.65. The van der Waals surface area contributed by atoms with Crippen molar-refractivity contribution in [3.8, 4) is 0 Å². The second-order valence-corrected chi connectivity index (χ2v) is 6.02. The fourth-order valence-corrected chi connectivity index (χ4v) is 3.09. The molecule has 1 aromatic heterocycles. The highest BCUT2D eigenvalue weighted by atomic mass is 79.9. The van der Waals surface area contributed by atoms with E-state index in [1.807, 2.05) is 19.2 Å². The largest absolute Gasteiger partial charge is 0.450 e. The molecule has 0 fully saturated rings. The second kappa shape index (κ2) is 6.07. The van der Waals surface area contributed by atoms with Gasteiger partial charge in [0.15, 0.2) is 5.76 Å². The van der Waals surface area contributed by atoms with Gasteiger partial charge in [-0.2, -0.15) is 0 Å². The van der Waals surface area contributed by atoms with Gasteiger partial charge in [0.25, 0.3) is 5.91 Å². The maximum absolute atomic E-state index is 12.2. The minimum Gasteiger partial charge on any atom is -0.450 e. The van der Waals surface area contributed by atoms with Gasteiger partial charge in [-0.3, -0.25) is 4.79 Å². The van der Waals surface area contributed by atoms with Gasteiger partial charge in [-0.1, -0.05) is 15.9 Å². The van der Waals surface area contributed by atoms with Crippen LogP contribution in [0, 0.1) is 0 Å². The lowest BCUT2D eigenvalue weighted by atomic mass is 10.2. The number of furan rings is 1. The summed E-state index contributed by atoms with van der Waals surface area (Å²) in [5.41, 5.74) is 0.688. The lowest BCUT2D eigenvalue weighted by Gasteiger charge is -2.14. The Morgan fingerprint density at radius 3 is 2.79 bits per heavy atom. The number of likely N-dealkylation sites (N-methyl/N-ethyl adjacent to an activating group) is 2. The van der Waals surface area contributed by atoms with E-state index in [1.165, 1.54) is 0 Å². The number of nitrogens with one attached hydrogen (secondary N) is 1. The highest BCUT2D eigenvalue weighted by Crippen LogP contribution is 2.31. The summed E-state index contributed by atoms with van der Waals surface area (Å²) in [5, 5.41) is 3.90. The highest BCUT2D eigenvalue weighted by Gasteiger charge is 2.17. The maximum Gasteiger partial charge on any atom is 0.289 e. The molecule has 0 radical (unpaired) electrons. The van der Waals surface area contributed by atoms with Gasteiger partial charge < -0.3 is 14.6 Å². The molecule has 0 atom stereocenters. The molecule has 0 aliphatic carbocycles. The number of carbonyl (C=O) groups excluding carboxylic acids is 1. The zero-order chi connectivity index (χ0) is 14.0. The van der Waals surface area contributed by atoms with E-state index in [9.17, 15) is 4.79 Å². The van der Waals surface area contributed by atoms with E-state index in [-0.39, 0.29) is 5.91 Å². The normalized spacial score (nSPS) is 10.9. The van der Waals surface area contributed by atoms with Gasteiger partial charge in [0.2, 0.25) is 0 Å². The van der Waals surface area contributed by atoms with E-state index in [1.54, 1.807) is 18.0 Å². The zero-order valence-electron chi connectivity index (χ0n) is 10.7. The quantitative estimate of drug-likeness (QED) is 0.872. The lowest BCUT2D eigenvalue weighted by molar-refractivity contribution is 0.0768. The molecule has 4 nitrogen and oxygen atoms in total. The van der Waals surface area contributed by atoms with Crippen LogP contribution in [0.3, 0.4) is 0 Å². The SMILES string of the molecule is CNCCN(C)C(=O)c1cc2cc(Br)cc(Br)c2o1. The molecule has 102 valence electrons. The number of hydrogen-bond acceptors (Lipinski definition) is 3. The van der Waals surface area contributed by atoms with E-state index in [0.717, 1.165) is 20.9 Å². The van der Waals surface area contributed by atoms with Crippen LogP contribution >= 0.6 is 31.9 Å². The molecular formula is C13H14Br2N2O2. The Balaban J connectivity index is 2.30. The van der Waals surface area contributed by atoms with Crippen molar-refractivity contribution in [3.63, 3.8) is 0 Å². The van der Waals surface area contributed by atoms with Crippen molar-refractivity contribution in [2.45, 2.75) is 0 Å². The summed E-state index contributed by atoms with van der Waals surface area (Å²) < 4.78 is 7.40. The minimum absolute atomic E-state index is 0.116. The first-order chi connectivity index (χ1) is 9.02. The van der Waals surface area contributed by atoms with Gasteiger partial charge in [0.05, 0.1) is 4.47 Å². The van der Waals surface area contributed by atoms with Gasteiger partial charge in [-0.05, 0) is 41.2 Å². The molecular weight excluding hydrogens is 376 g/mol. The van der Waals surface area contributed by atoms with Gasteiger partial charge in [0.1, 0.15) is 5.58 Å². The molecule has 0 aliphatic heterocycles. The molecule has 1 aromatic carbocycles. The molecule has 1 amide bonds. The molecule has 0 aliphatic rings. The first kappa shape index (κ1) is 14.6. The summed E-state index contributed by atoms with van der Waals surface area (Å²) in [6.45, 7) is 1.38. The molecule has 2 rings (SSSR count). The van der Waals surface area contributed by atoms with Crippen molar-refractivity contribution < 1.29 is 9.21 Å². The van der Waals surface area contributed by atoms with Crippen molar-refractivity contribution in [3.05, 3.63) is 32.9 Å². The number of benzene rings is 1. The third-order valence-corrected chi connectivity index (χ3v) is 3.84. The zero-order valence-corrected chi connectivity index (χ0v) is 13.8. The monoisotopic (exact) mass is 388 g/mol. The van der Waals surface area contributed by atoms with Crippen molar-refractivity contribution >= 4 is 48.7 Å². The Hall–Kier alpha value is -0.850. The van der Waals surface area contributed by atoms with Gasteiger partial charge >= 0.3 is 0 Å². The Bertz CT molecular complexity index is 610. The third-order valence-electron chi connectivity index (χ3n) is 2.79. The summed E-state index contributed by atoms with van der Waals surface area (Å²) >= 11 is 6.85. The average Bonchev–Trinajstić information content (AvgIpc) is 2.79. The molecule has 6 heteroatoms. The Morgan fingerprint density at radius 2 is 2.11 bits per heavy atom. The highest BCUT2D eigenvalue weighted by molar-refractivity contribution is 9.11. The molecule has 0 saturated heterocycles. The van der Waals surface area contributed by atoms with Crippen LogP contribution in [-0.4, -0.2) is 38.0 Å². The molecule has 0 saturated carbocycles. The number of carbonyl (C=O) groups is 1. The maximum atomic E-state index is 12.2. The van der Waals surface area contributed by atoms with E-state index in [2.05, 4.69) is 37.2 Å².